The maximum atomic E-state index is 11.8. The van der Waals surface area contributed by atoms with Gasteiger partial charge in [-0.3, -0.25) is 4.79 Å². The van der Waals surface area contributed by atoms with E-state index >= 15 is 0 Å². The van der Waals surface area contributed by atoms with E-state index in [-0.39, 0.29) is 18.7 Å². The summed E-state index contributed by atoms with van der Waals surface area (Å²) >= 11 is 0. The van der Waals surface area contributed by atoms with E-state index in [0.29, 0.717) is 26.0 Å². The second-order valence-corrected chi connectivity index (χ2v) is 7.79. The summed E-state index contributed by atoms with van der Waals surface area (Å²) in [4.78, 5) is 23.3. The van der Waals surface area contributed by atoms with E-state index in [0.717, 1.165) is 35.1 Å². The number of ether oxygens (including phenoxy) is 2. The smallest absolute Gasteiger partial charge is 0.407 e. The highest BCUT2D eigenvalue weighted by atomic mass is 16.5. The number of rotatable bonds is 11. The zero-order valence-corrected chi connectivity index (χ0v) is 19.1. The van der Waals surface area contributed by atoms with E-state index in [1.54, 1.807) is 0 Å². The molecule has 33 heavy (non-hydrogen) atoms. The highest BCUT2D eigenvalue weighted by Gasteiger charge is 2.05. The molecule has 0 aromatic heterocycles. The molecule has 0 unspecified atom stereocenters. The van der Waals surface area contributed by atoms with Gasteiger partial charge >= 0.3 is 12.1 Å². The average Bonchev–Trinajstić information content (AvgIpc) is 2.86. The SMILES string of the molecule is CCOC(=O)CCc1ccc(-c2ccc(CCCNC(=O)OCc3ccccc3)cc2)cc1. The molecule has 5 nitrogen and oxygen atoms in total. The molecule has 0 spiro atoms. The lowest BCUT2D eigenvalue weighted by molar-refractivity contribution is -0.143. The monoisotopic (exact) mass is 445 g/mol. The predicted octanol–water partition coefficient (Wildman–Crippen LogP) is 5.71. The van der Waals surface area contributed by atoms with Gasteiger partial charge in [-0.2, -0.15) is 0 Å². The number of esters is 1. The lowest BCUT2D eigenvalue weighted by Gasteiger charge is -2.08. The van der Waals surface area contributed by atoms with Gasteiger partial charge in [0.2, 0.25) is 0 Å². The minimum Gasteiger partial charge on any atom is -0.466 e. The topological polar surface area (TPSA) is 64.6 Å². The van der Waals surface area contributed by atoms with Crippen LogP contribution in [0.5, 0.6) is 0 Å². The predicted molar refractivity (Wildman–Crippen MR) is 130 cm³/mol. The Hall–Kier alpha value is -3.60. The zero-order valence-electron chi connectivity index (χ0n) is 19.1. The van der Waals surface area contributed by atoms with Crippen molar-refractivity contribution in [3.05, 3.63) is 95.6 Å². The third kappa shape index (κ3) is 8.45. The van der Waals surface area contributed by atoms with Gasteiger partial charge in [0.05, 0.1) is 6.61 Å². The summed E-state index contributed by atoms with van der Waals surface area (Å²) in [5.74, 6) is -0.156. The molecule has 0 saturated carbocycles. The van der Waals surface area contributed by atoms with Crippen LogP contribution in [-0.4, -0.2) is 25.2 Å². The number of nitrogens with one attached hydrogen (secondary N) is 1. The van der Waals surface area contributed by atoms with Crippen molar-refractivity contribution in [1.82, 2.24) is 5.32 Å². The van der Waals surface area contributed by atoms with Crippen molar-refractivity contribution in [3.63, 3.8) is 0 Å². The van der Waals surface area contributed by atoms with Crippen LogP contribution in [0.2, 0.25) is 0 Å². The van der Waals surface area contributed by atoms with E-state index in [4.69, 9.17) is 9.47 Å². The summed E-state index contributed by atoms with van der Waals surface area (Å²) < 4.78 is 10.2. The number of carbonyl (C=O) groups excluding carboxylic acids is 2. The average molecular weight is 446 g/mol. The first kappa shape index (κ1) is 24.1. The molecule has 0 bridgehead atoms. The van der Waals surface area contributed by atoms with E-state index in [9.17, 15) is 9.59 Å². The van der Waals surface area contributed by atoms with Crippen molar-refractivity contribution in [2.75, 3.05) is 13.2 Å². The maximum absolute atomic E-state index is 11.8. The fourth-order valence-corrected chi connectivity index (χ4v) is 3.46. The molecule has 5 heteroatoms. The number of carbonyl (C=O) groups is 2. The van der Waals surface area contributed by atoms with Crippen LogP contribution >= 0.6 is 0 Å². The Balaban J connectivity index is 1.37. The molecule has 0 heterocycles. The van der Waals surface area contributed by atoms with E-state index in [2.05, 4.69) is 53.8 Å². The van der Waals surface area contributed by atoms with Crippen LogP contribution in [0.1, 0.15) is 36.5 Å². The number of amides is 1. The van der Waals surface area contributed by atoms with Gasteiger partial charge in [-0.25, -0.2) is 4.79 Å². The Labute approximate surface area is 195 Å². The zero-order chi connectivity index (χ0) is 23.3. The lowest BCUT2D eigenvalue weighted by Crippen LogP contribution is -2.25. The molecule has 3 aromatic carbocycles. The molecular weight excluding hydrogens is 414 g/mol. The molecule has 0 radical (unpaired) electrons. The van der Waals surface area contributed by atoms with Gasteiger partial charge in [0, 0.05) is 13.0 Å². The maximum Gasteiger partial charge on any atom is 0.407 e. The van der Waals surface area contributed by atoms with Crippen molar-refractivity contribution in [3.8, 4) is 11.1 Å². The second kappa shape index (κ2) is 13.1. The molecule has 1 N–H and O–H groups in total. The third-order valence-electron chi connectivity index (χ3n) is 5.29. The van der Waals surface area contributed by atoms with Crippen molar-refractivity contribution in [2.45, 2.75) is 39.2 Å². The van der Waals surface area contributed by atoms with Crippen LogP contribution in [0.25, 0.3) is 11.1 Å². The quantitative estimate of drug-likeness (QED) is 0.303. The summed E-state index contributed by atoms with van der Waals surface area (Å²) in [6.45, 7) is 3.09. The summed E-state index contributed by atoms with van der Waals surface area (Å²) in [5.41, 5.74) is 5.61. The van der Waals surface area contributed by atoms with Crippen molar-refractivity contribution < 1.29 is 19.1 Å². The standard InChI is InChI=1S/C28H31NO4/c1-2-32-27(30)19-14-23-12-17-26(18-13-23)25-15-10-22(11-16-25)9-6-20-29-28(31)33-21-24-7-4-3-5-8-24/h3-5,7-8,10-13,15-18H,2,6,9,14,19-21H2,1H3,(H,29,31). The van der Waals surface area contributed by atoms with Crippen LogP contribution in [-0.2, 0) is 33.7 Å². The van der Waals surface area contributed by atoms with Gasteiger partial charge in [-0.15, -0.1) is 0 Å². The number of alkyl carbamates (subject to hydrolysis) is 1. The highest BCUT2D eigenvalue weighted by Crippen LogP contribution is 2.21. The molecule has 0 aliphatic carbocycles. The molecule has 1 amide bonds. The molecule has 0 fully saturated rings. The van der Waals surface area contributed by atoms with E-state index in [1.165, 1.54) is 5.56 Å². The highest BCUT2D eigenvalue weighted by molar-refractivity contribution is 5.70. The molecule has 0 aliphatic heterocycles. The molecule has 0 atom stereocenters. The van der Waals surface area contributed by atoms with Crippen molar-refractivity contribution >= 4 is 12.1 Å². The number of aryl methyl sites for hydroxylation is 2. The van der Waals surface area contributed by atoms with Gasteiger partial charge in [0.1, 0.15) is 6.61 Å². The van der Waals surface area contributed by atoms with Crippen LogP contribution in [0.3, 0.4) is 0 Å². The van der Waals surface area contributed by atoms with Crippen molar-refractivity contribution in [1.29, 1.82) is 0 Å². The van der Waals surface area contributed by atoms with Gasteiger partial charge in [-0.05, 0) is 54.0 Å². The molecule has 3 rings (SSSR count). The van der Waals surface area contributed by atoms with Crippen molar-refractivity contribution in [2.24, 2.45) is 0 Å². The molecular formula is C28H31NO4. The van der Waals surface area contributed by atoms with Crippen LogP contribution in [0.15, 0.2) is 78.9 Å². The Kier molecular flexibility index (Phi) is 9.52. The van der Waals surface area contributed by atoms with Gasteiger partial charge < -0.3 is 14.8 Å². The molecule has 172 valence electrons. The number of hydrogen-bond acceptors (Lipinski definition) is 4. The summed E-state index contributed by atoms with van der Waals surface area (Å²) in [6.07, 6.45) is 2.42. The van der Waals surface area contributed by atoms with E-state index < -0.39 is 0 Å². The summed E-state index contributed by atoms with van der Waals surface area (Å²) in [6, 6.07) is 26.4. The third-order valence-corrected chi connectivity index (χ3v) is 5.29. The fourth-order valence-electron chi connectivity index (χ4n) is 3.46. The Morgan fingerprint density at radius 2 is 1.33 bits per heavy atom. The minimum absolute atomic E-state index is 0.156. The largest absolute Gasteiger partial charge is 0.466 e. The minimum atomic E-state index is -0.389. The Bertz CT molecular complexity index is 998. The van der Waals surface area contributed by atoms with E-state index in [1.807, 2.05) is 37.3 Å². The lowest BCUT2D eigenvalue weighted by atomic mass is 10.00. The molecule has 3 aromatic rings. The molecule has 0 saturated heterocycles. The first-order chi connectivity index (χ1) is 16.1. The normalized spacial score (nSPS) is 10.5. The second-order valence-electron chi connectivity index (χ2n) is 7.79. The number of benzene rings is 3. The molecule has 0 aliphatic rings. The summed E-state index contributed by atoms with van der Waals surface area (Å²) in [7, 11) is 0. The Morgan fingerprint density at radius 3 is 1.94 bits per heavy atom. The Morgan fingerprint density at radius 1 is 0.727 bits per heavy atom. The summed E-state index contributed by atoms with van der Waals surface area (Å²) in [5, 5.41) is 2.80. The van der Waals surface area contributed by atoms with Gasteiger partial charge in [0.25, 0.3) is 0 Å². The van der Waals surface area contributed by atoms with Gasteiger partial charge in [-0.1, -0.05) is 78.9 Å². The number of hydrogen-bond donors (Lipinski definition) is 1. The van der Waals surface area contributed by atoms with Gasteiger partial charge in [0.15, 0.2) is 0 Å². The van der Waals surface area contributed by atoms with Crippen LogP contribution in [0, 0.1) is 0 Å². The first-order valence-electron chi connectivity index (χ1n) is 11.4. The van der Waals surface area contributed by atoms with Crippen LogP contribution in [0.4, 0.5) is 4.79 Å². The first-order valence-corrected chi connectivity index (χ1v) is 11.4. The fraction of sp³-hybridized carbons (Fsp3) is 0.286. The van der Waals surface area contributed by atoms with Crippen LogP contribution < -0.4 is 5.32 Å².